The summed E-state index contributed by atoms with van der Waals surface area (Å²) in [6, 6.07) is 5.30. The Labute approximate surface area is 114 Å². The molecule has 0 spiro atoms. The lowest BCUT2D eigenvalue weighted by Crippen LogP contribution is -2.23. The number of hydrogen-bond acceptors (Lipinski definition) is 4. The Bertz CT molecular complexity index is 419. The first-order valence-electron chi connectivity index (χ1n) is 6.40. The molecule has 0 aliphatic carbocycles. The van der Waals surface area contributed by atoms with Crippen LogP contribution in [0.2, 0.25) is 0 Å². The number of nitrogens with zero attached hydrogens (tertiary/aromatic N) is 1. The minimum absolute atomic E-state index is 0.0283. The van der Waals surface area contributed by atoms with Gasteiger partial charge in [-0.1, -0.05) is 0 Å². The van der Waals surface area contributed by atoms with Gasteiger partial charge in [0.2, 0.25) is 0 Å². The lowest BCUT2D eigenvalue weighted by atomic mass is 10.1. The summed E-state index contributed by atoms with van der Waals surface area (Å²) in [6.45, 7) is 1.54. The molecule has 5 heteroatoms. The van der Waals surface area contributed by atoms with E-state index in [0.717, 1.165) is 31.7 Å². The zero-order valence-corrected chi connectivity index (χ0v) is 11.9. The molecule has 0 heterocycles. The molecule has 0 saturated heterocycles. The number of ether oxygens (including phenoxy) is 1. The van der Waals surface area contributed by atoms with Crippen LogP contribution in [-0.2, 0) is 4.74 Å². The quantitative estimate of drug-likeness (QED) is 0.583. The largest absolute Gasteiger partial charge is 0.399 e. The summed E-state index contributed by atoms with van der Waals surface area (Å²) in [5.74, 6) is -0.0283. The molecule has 0 radical (unpaired) electrons. The van der Waals surface area contributed by atoms with E-state index in [0.29, 0.717) is 11.3 Å². The van der Waals surface area contributed by atoms with Crippen molar-refractivity contribution < 1.29 is 9.53 Å². The molecule has 1 amide bonds. The summed E-state index contributed by atoms with van der Waals surface area (Å²) in [5.41, 5.74) is 7.85. The molecule has 1 aromatic rings. The van der Waals surface area contributed by atoms with E-state index in [2.05, 4.69) is 5.32 Å². The Morgan fingerprint density at radius 1 is 1.37 bits per heavy atom. The molecule has 19 heavy (non-hydrogen) atoms. The van der Waals surface area contributed by atoms with Gasteiger partial charge in [-0.05, 0) is 31.0 Å². The van der Waals surface area contributed by atoms with Crippen LogP contribution in [-0.4, -0.2) is 45.2 Å². The van der Waals surface area contributed by atoms with E-state index in [1.165, 1.54) is 0 Å². The summed E-state index contributed by atoms with van der Waals surface area (Å²) in [4.78, 5) is 13.6. The van der Waals surface area contributed by atoms with Crippen molar-refractivity contribution in [3.63, 3.8) is 0 Å². The van der Waals surface area contributed by atoms with Crippen LogP contribution in [0.1, 0.15) is 23.2 Å². The Kier molecular flexibility index (Phi) is 6.15. The normalized spacial score (nSPS) is 10.3. The molecule has 0 atom stereocenters. The number of carbonyl (C=O) groups excluding carboxylic acids is 1. The van der Waals surface area contributed by atoms with E-state index in [1.54, 1.807) is 44.3 Å². The third-order valence-electron chi connectivity index (χ3n) is 2.77. The van der Waals surface area contributed by atoms with Gasteiger partial charge in [0.1, 0.15) is 0 Å². The molecule has 106 valence electrons. The number of benzene rings is 1. The SMILES string of the molecule is COCCCCNc1cc(N)ccc1C(=O)N(C)C. The van der Waals surface area contributed by atoms with Gasteiger partial charge in [-0.2, -0.15) is 0 Å². The highest BCUT2D eigenvalue weighted by atomic mass is 16.5. The number of nitrogens with two attached hydrogens (primary N) is 1. The average molecular weight is 265 g/mol. The minimum atomic E-state index is -0.0283. The fourth-order valence-corrected chi connectivity index (χ4v) is 1.73. The van der Waals surface area contributed by atoms with Gasteiger partial charge < -0.3 is 20.7 Å². The molecule has 0 unspecified atom stereocenters. The Morgan fingerprint density at radius 2 is 2.11 bits per heavy atom. The molecule has 0 aliphatic rings. The monoisotopic (exact) mass is 265 g/mol. The van der Waals surface area contributed by atoms with Crippen LogP contribution in [0.25, 0.3) is 0 Å². The molecule has 1 aromatic carbocycles. The molecule has 5 nitrogen and oxygen atoms in total. The molecule has 3 N–H and O–H groups in total. The van der Waals surface area contributed by atoms with Crippen molar-refractivity contribution in [3.8, 4) is 0 Å². The number of anilines is 2. The minimum Gasteiger partial charge on any atom is -0.399 e. The first kappa shape index (κ1) is 15.3. The average Bonchev–Trinajstić information content (AvgIpc) is 2.38. The summed E-state index contributed by atoms with van der Waals surface area (Å²) < 4.78 is 5.00. The highest BCUT2D eigenvalue weighted by molar-refractivity contribution is 5.99. The van der Waals surface area contributed by atoms with Crippen LogP contribution in [0.3, 0.4) is 0 Å². The summed E-state index contributed by atoms with van der Waals surface area (Å²) in [5, 5.41) is 3.27. The number of rotatable bonds is 7. The third kappa shape index (κ3) is 4.79. The van der Waals surface area contributed by atoms with Crippen molar-refractivity contribution in [1.29, 1.82) is 0 Å². The van der Waals surface area contributed by atoms with Crippen molar-refractivity contribution in [2.75, 3.05) is 45.4 Å². The van der Waals surface area contributed by atoms with Crippen molar-refractivity contribution >= 4 is 17.3 Å². The van der Waals surface area contributed by atoms with Crippen LogP contribution < -0.4 is 11.1 Å². The molecular formula is C14H23N3O2. The maximum absolute atomic E-state index is 12.0. The van der Waals surface area contributed by atoms with E-state index >= 15 is 0 Å². The summed E-state index contributed by atoms with van der Waals surface area (Å²) >= 11 is 0. The van der Waals surface area contributed by atoms with Crippen LogP contribution in [0.5, 0.6) is 0 Å². The maximum atomic E-state index is 12.0. The smallest absolute Gasteiger partial charge is 0.255 e. The van der Waals surface area contributed by atoms with Gasteiger partial charge >= 0.3 is 0 Å². The van der Waals surface area contributed by atoms with E-state index in [4.69, 9.17) is 10.5 Å². The molecule has 0 aliphatic heterocycles. The highest BCUT2D eigenvalue weighted by Gasteiger charge is 2.13. The van der Waals surface area contributed by atoms with E-state index < -0.39 is 0 Å². The molecule has 0 aromatic heterocycles. The van der Waals surface area contributed by atoms with Crippen molar-refractivity contribution in [3.05, 3.63) is 23.8 Å². The number of nitrogens with one attached hydrogen (secondary N) is 1. The fraction of sp³-hybridized carbons (Fsp3) is 0.500. The first-order chi connectivity index (χ1) is 9.06. The van der Waals surface area contributed by atoms with E-state index in [-0.39, 0.29) is 5.91 Å². The standard InChI is InChI=1S/C14H23N3O2/c1-17(2)14(18)12-7-6-11(15)10-13(12)16-8-4-5-9-19-3/h6-7,10,16H,4-5,8-9,15H2,1-3H3. The van der Waals surface area contributed by atoms with Gasteiger partial charge in [0.05, 0.1) is 5.56 Å². The van der Waals surface area contributed by atoms with Gasteiger partial charge in [-0.25, -0.2) is 0 Å². The Hall–Kier alpha value is -1.75. The Morgan fingerprint density at radius 3 is 2.74 bits per heavy atom. The highest BCUT2D eigenvalue weighted by Crippen LogP contribution is 2.20. The zero-order chi connectivity index (χ0) is 14.3. The number of carbonyl (C=O) groups is 1. The second-order valence-corrected chi connectivity index (χ2v) is 4.63. The lowest BCUT2D eigenvalue weighted by Gasteiger charge is -2.16. The topological polar surface area (TPSA) is 67.6 Å². The number of amides is 1. The number of nitrogen functional groups attached to an aromatic ring is 1. The van der Waals surface area contributed by atoms with Gasteiger partial charge in [0.15, 0.2) is 0 Å². The van der Waals surface area contributed by atoms with Gasteiger partial charge in [0, 0.05) is 45.7 Å². The van der Waals surface area contributed by atoms with Crippen LogP contribution in [0, 0.1) is 0 Å². The molecule has 0 bridgehead atoms. The third-order valence-corrected chi connectivity index (χ3v) is 2.77. The van der Waals surface area contributed by atoms with Crippen LogP contribution in [0.15, 0.2) is 18.2 Å². The predicted molar refractivity (Wildman–Crippen MR) is 78.5 cm³/mol. The first-order valence-corrected chi connectivity index (χ1v) is 6.40. The van der Waals surface area contributed by atoms with Gasteiger partial charge in [-0.3, -0.25) is 4.79 Å². The van der Waals surface area contributed by atoms with E-state index in [9.17, 15) is 4.79 Å². The summed E-state index contributed by atoms with van der Waals surface area (Å²) in [6.07, 6.45) is 1.97. The van der Waals surface area contributed by atoms with Gasteiger partial charge in [-0.15, -0.1) is 0 Å². The fourth-order valence-electron chi connectivity index (χ4n) is 1.73. The van der Waals surface area contributed by atoms with Crippen molar-refractivity contribution in [2.45, 2.75) is 12.8 Å². The molecular weight excluding hydrogens is 242 g/mol. The van der Waals surface area contributed by atoms with E-state index in [1.807, 2.05) is 0 Å². The molecule has 0 fully saturated rings. The number of hydrogen-bond donors (Lipinski definition) is 2. The van der Waals surface area contributed by atoms with Crippen molar-refractivity contribution in [1.82, 2.24) is 4.90 Å². The maximum Gasteiger partial charge on any atom is 0.255 e. The second-order valence-electron chi connectivity index (χ2n) is 4.63. The van der Waals surface area contributed by atoms with Crippen LogP contribution in [0.4, 0.5) is 11.4 Å². The predicted octanol–water partition coefficient (Wildman–Crippen LogP) is 1.81. The van der Waals surface area contributed by atoms with Gasteiger partial charge in [0.25, 0.3) is 5.91 Å². The Balaban J connectivity index is 2.69. The molecule has 0 saturated carbocycles. The van der Waals surface area contributed by atoms with Crippen molar-refractivity contribution in [2.24, 2.45) is 0 Å². The summed E-state index contributed by atoms with van der Waals surface area (Å²) in [7, 11) is 5.17. The second kappa shape index (κ2) is 7.63. The lowest BCUT2D eigenvalue weighted by molar-refractivity contribution is 0.0828. The molecule has 1 rings (SSSR count). The van der Waals surface area contributed by atoms with Crippen LogP contribution >= 0.6 is 0 Å². The number of methoxy groups -OCH3 is 1. The number of unbranched alkanes of at least 4 members (excludes halogenated alkanes) is 1. The zero-order valence-electron chi connectivity index (χ0n) is 11.9.